The van der Waals surface area contributed by atoms with Crippen molar-refractivity contribution < 1.29 is 28.9 Å². The van der Waals surface area contributed by atoms with Gasteiger partial charge in [-0.2, -0.15) is 0 Å². The molecule has 0 radical (unpaired) electrons. The fourth-order valence-corrected chi connectivity index (χ4v) is 4.64. The smallest absolute Gasteiger partial charge is 0.333 e. The lowest BCUT2D eigenvalue weighted by Crippen LogP contribution is -2.13. The number of aryl methyl sites for hydroxylation is 2. The Hall–Kier alpha value is -4.16. The Kier molecular flexibility index (Phi) is 13.2. The lowest BCUT2D eigenvalue weighted by molar-refractivity contribution is -0.140. The van der Waals surface area contributed by atoms with Crippen LogP contribution in [0.4, 0.5) is 0 Å². The van der Waals surface area contributed by atoms with E-state index in [2.05, 4.69) is 44.3 Å². The van der Waals surface area contributed by atoms with Gasteiger partial charge in [-0.1, -0.05) is 81.5 Å². The quantitative estimate of drug-likeness (QED) is 0.0991. The molecule has 6 heteroatoms. The van der Waals surface area contributed by atoms with Crippen LogP contribution in [0.25, 0.3) is 22.3 Å². The van der Waals surface area contributed by atoms with Gasteiger partial charge in [-0.25, -0.2) is 9.59 Å². The SMILES string of the molecule is C=C(C)C(=O)OCCOc1cc(-c2ccc(CCCCC)cc2)cc(COC(=O)C(=C)C)c1-c1ccc(CCCO)cc1. The molecule has 0 bridgehead atoms. The van der Waals surface area contributed by atoms with Crippen molar-refractivity contribution in [2.45, 2.75) is 65.9 Å². The van der Waals surface area contributed by atoms with Gasteiger partial charge in [0.1, 0.15) is 25.6 Å². The van der Waals surface area contributed by atoms with Crippen molar-refractivity contribution in [2.24, 2.45) is 0 Å². The minimum Gasteiger partial charge on any atom is -0.489 e. The zero-order valence-corrected chi connectivity index (χ0v) is 25.7. The van der Waals surface area contributed by atoms with Crippen molar-refractivity contribution >= 4 is 11.9 Å². The molecule has 43 heavy (non-hydrogen) atoms. The molecular weight excluding hydrogens is 540 g/mol. The second-order valence-corrected chi connectivity index (χ2v) is 10.8. The summed E-state index contributed by atoms with van der Waals surface area (Å²) in [7, 11) is 0. The van der Waals surface area contributed by atoms with Gasteiger partial charge in [-0.05, 0) is 79.5 Å². The topological polar surface area (TPSA) is 82.1 Å². The highest BCUT2D eigenvalue weighted by Gasteiger charge is 2.18. The van der Waals surface area contributed by atoms with Gasteiger partial charge in [0.2, 0.25) is 0 Å². The first-order valence-corrected chi connectivity index (χ1v) is 15.0. The number of esters is 2. The summed E-state index contributed by atoms with van der Waals surface area (Å²) in [5.74, 6) is -0.357. The van der Waals surface area contributed by atoms with Crippen LogP contribution in [0.1, 0.15) is 63.1 Å². The third kappa shape index (κ3) is 10.3. The number of benzene rings is 3. The highest BCUT2D eigenvalue weighted by molar-refractivity contribution is 5.87. The Bertz CT molecular complexity index is 1390. The molecule has 228 valence electrons. The molecule has 3 aromatic carbocycles. The summed E-state index contributed by atoms with van der Waals surface area (Å²) in [5.41, 5.74) is 7.42. The van der Waals surface area contributed by atoms with E-state index in [0.717, 1.165) is 52.6 Å². The van der Waals surface area contributed by atoms with E-state index < -0.39 is 11.9 Å². The van der Waals surface area contributed by atoms with E-state index in [-0.39, 0.29) is 26.4 Å². The van der Waals surface area contributed by atoms with Gasteiger partial charge in [-0.3, -0.25) is 0 Å². The number of aliphatic hydroxyl groups excluding tert-OH is 1. The van der Waals surface area contributed by atoms with Crippen LogP contribution >= 0.6 is 0 Å². The summed E-state index contributed by atoms with van der Waals surface area (Å²) >= 11 is 0. The molecule has 0 saturated carbocycles. The zero-order valence-electron chi connectivity index (χ0n) is 25.7. The molecule has 0 aromatic heterocycles. The molecule has 0 amide bonds. The molecule has 1 N–H and O–H groups in total. The second kappa shape index (κ2) is 17.1. The first-order valence-electron chi connectivity index (χ1n) is 15.0. The van der Waals surface area contributed by atoms with Crippen molar-refractivity contribution in [2.75, 3.05) is 19.8 Å². The van der Waals surface area contributed by atoms with E-state index in [1.54, 1.807) is 13.8 Å². The number of carbonyl (C=O) groups excluding carboxylic acids is 2. The average Bonchev–Trinajstić information content (AvgIpc) is 3.01. The van der Waals surface area contributed by atoms with Crippen LogP contribution in [-0.4, -0.2) is 36.9 Å². The highest BCUT2D eigenvalue weighted by atomic mass is 16.6. The number of carbonyl (C=O) groups is 2. The van der Waals surface area contributed by atoms with Crippen molar-refractivity contribution in [3.8, 4) is 28.0 Å². The molecule has 0 saturated heterocycles. The predicted octanol–water partition coefficient (Wildman–Crippen LogP) is 7.80. The van der Waals surface area contributed by atoms with Gasteiger partial charge in [0.15, 0.2) is 0 Å². The fraction of sp³-hybridized carbons (Fsp3) is 0.351. The van der Waals surface area contributed by atoms with Crippen molar-refractivity contribution in [3.05, 3.63) is 102 Å². The molecule has 0 atom stereocenters. The number of rotatable bonds is 17. The van der Waals surface area contributed by atoms with Crippen molar-refractivity contribution in [3.63, 3.8) is 0 Å². The van der Waals surface area contributed by atoms with Crippen LogP contribution in [0, 0.1) is 0 Å². The summed E-state index contributed by atoms with van der Waals surface area (Å²) in [6.07, 6.45) is 6.05. The van der Waals surface area contributed by atoms with Crippen molar-refractivity contribution in [1.29, 1.82) is 0 Å². The molecule has 6 nitrogen and oxygen atoms in total. The van der Waals surface area contributed by atoms with Crippen LogP contribution in [0.15, 0.2) is 85.0 Å². The zero-order chi connectivity index (χ0) is 31.2. The van der Waals surface area contributed by atoms with Crippen LogP contribution in [0.3, 0.4) is 0 Å². The van der Waals surface area contributed by atoms with Gasteiger partial charge in [0.25, 0.3) is 0 Å². The molecule has 0 fully saturated rings. The normalized spacial score (nSPS) is 10.7. The van der Waals surface area contributed by atoms with Gasteiger partial charge in [0, 0.05) is 28.9 Å². The van der Waals surface area contributed by atoms with Crippen LogP contribution in [0.2, 0.25) is 0 Å². The van der Waals surface area contributed by atoms with Gasteiger partial charge in [-0.15, -0.1) is 0 Å². The van der Waals surface area contributed by atoms with Crippen LogP contribution in [-0.2, 0) is 38.5 Å². The number of ether oxygens (including phenoxy) is 3. The van der Waals surface area contributed by atoms with E-state index in [4.69, 9.17) is 14.2 Å². The average molecular weight is 585 g/mol. The predicted molar refractivity (Wildman–Crippen MR) is 172 cm³/mol. The maximum Gasteiger partial charge on any atom is 0.333 e. The molecule has 0 aliphatic rings. The van der Waals surface area contributed by atoms with Crippen LogP contribution < -0.4 is 4.74 Å². The largest absolute Gasteiger partial charge is 0.489 e. The summed E-state index contributed by atoms with van der Waals surface area (Å²) < 4.78 is 17.2. The van der Waals surface area contributed by atoms with E-state index >= 15 is 0 Å². The Balaban J connectivity index is 2.04. The third-order valence-corrected chi connectivity index (χ3v) is 7.04. The molecule has 0 heterocycles. The second-order valence-electron chi connectivity index (χ2n) is 10.8. The maximum absolute atomic E-state index is 12.4. The van der Waals surface area contributed by atoms with Crippen LogP contribution in [0.5, 0.6) is 5.75 Å². The number of hydrogen-bond acceptors (Lipinski definition) is 6. The lowest BCUT2D eigenvalue weighted by Gasteiger charge is -2.19. The van der Waals surface area contributed by atoms with E-state index in [1.807, 2.05) is 36.4 Å². The van der Waals surface area contributed by atoms with E-state index in [9.17, 15) is 14.7 Å². The summed E-state index contributed by atoms with van der Waals surface area (Å²) in [6, 6.07) is 20.6. The molecular formula is C37H44O6. The monoisotopic (exact) mass is 584 g/mol. The Labute approximate surface area is 256 Å². The highest BCUT2D eigenvalue weighted by Crippen LogP contribution is 2.39. The van der Waals surface area contributed by atoms with Crippen molar-refractivity contribution in [1.82, 2.24) is 0 Å². The minimum absolute atomic E-state index is 0.0250. The maximum atomic E-state index is 12.4. The summed E-state index contributed by atoms with van der Waals surface area (Å²) in [6.45, 7) is 13.1. The molecule has 0 aliphatic heterocycles. The Morgan fingerprint density at radius 1 is 0.721 bits per heavy atom. The summed E-state index contributed by atoms with van der Waals surface area (Å²) in [4.78, 5) is 24.3. The minimum atomic E-state index is -0.471. The van der Waals surface area contributed by atoms with E-state index in [0.29, 0.717) is 23.3 Å². The number of aliphatic hydroxyl groups is 1. The fourth-order valence-electron chi connectivity index (χ4n) is 4.64. The number of unbranched alkanes of at least 4 members (excludes halogenated alkanes) is 2. The molecule has 0 aliphatic carbocycles. The molecule has 0 spiro atoms. The first kappa shape index (κ1) is 33.3. The standard InChI is InChI=1S/C37H44O6/c1-6-7-8-10-28-12-16-30(17-13-28)32-23-33(25-43-37(40)27(4)5)35(31-18-14-29(15-19-31)11-9-20-38)34(24-32)41-21-22-42-36(39)26(2)3/h12-19,23-24,38H,2,4,6-11,20-22,25H2,1,3,5H3. The molecule has 3 rings (SSSR count). The van der Waals surface area contributed by atoms with Gasteiger partial charge >= 0.3 is 11.9 Å². The summed E-state index contributed by atoms with van der Waals surface area (Å²) in [5, 5.41) is 9.23. The lowest BCUT2D eigenvalue weighted by atomic mass is 9.92. The van der Waals surface area contributed by atoms with Gasteiger partial charge in [0.05, 0.1) is 0 Å². The number of hydrogen-bond donors (Lipinski definition) is 1. The van der Waals surface area contributed by atoms with Gasteiger partial charge < -0.3 is 19.3 Å². The Morgan fingerprint density at radius 2 is 1.30 bits per heavy atom. The van der Waals surface area contributed by atoms with E-state index in [1.165, 1.54) is 18.4 Å². The Morgan fingerprint density at radius 3 is 1.88 bits per heavy atom. The molecule has 0 unspecified atom stereocenters. The first-order chi connectivity index (χ1) is 20.7. The third-order valence-electron chi connectivity index (χ3n) is 7.04. The molecule has 3 aromatic rings.